The number of benzene rings is 1. The molecule has 1 aliphatic rings. The van der Waals surface area contributed by atoms with E-state index in [4.69, 9.17) is 0 Å². The van der Waals surface area contributed by atoms with Crippen molar-refractivity contribution in [1.29, 1.82) is 0 Å². The molecule has 0 aliphatic carbocycles. The van der Waals surface area contributed by atoms with Gasteiger partial charge >= 0.3 is 0 Å². The average molecular weight is 370 g/mol. The van der Waals surface area contributed by atoms with Crippen LogP contribution in [0.25, 0.3) is 0 Å². The third-order valence-electron chi connectivity index (χ3n) is 5.18. The smallest absolute Gasteiger partial charge is 0.255 e. The van der Waals surface area contributed by atoms with Crippen LogP contribution in [0.2, 0.25) is 0 Å². The molecule has 1 N–H and O–H groups in total. The molecular weight excluding hydrogens is 340 g/mol. The van der Waals surface area contributed by atoms with Gasteiger partial charge in [-0.25, -0.2) is 0 Å². The van der Waals surface area contributed by atoms with E-state index >= 15 is 0 Å². The fourth-order valence-electron chi connectivity index (χ4n) is 3.91. The first-order chi connectivity index (χ1) is 13.0. The molecule has 1 aromatic heterocycles. The number of piperidine rings is 1. The molecule has 6 heteroatoms. The molecule has 1 amide bonds. The van der Waals surface area contributed by atoms with Gasteiger partial charge in [0.1, 0.15) is 0 Å². The summed E-state index contributed by atoms with van der Waals surface area (Å²) >= 11 is 0. The van der Waals surface area contributed by atoms with Gasteiger partial charge in [0.25, 0.3) is 5.91 Å². The third kappa shape index (κ3) is 5.17. The fraction of sp³-hybridized carbons (Fsp3) is 0.524. The van der Waals surface area contributed by atoms with Crippen LogP contribution in [0.15, 0.2) is 42.7 Å². The Hall–Kier alpha value is -2.18. The monoisotopic (exact) mass is 370 g/mol. The summed E-state index contributed by atoms with van der Waals surface area (Å²) in [5, 5.41) is 15.2. The molecule has 1 aromatic carbocycles. The molecule has 2 aromatic rings. The van der Waals surface area contributed by atoms with Gasteiger partial charge in [-0.05, 0) is 38.3 Å². The molecule has 6 nitrogen and oxygen atoms in total. The molecule has 0 bridgehead atoms. The van der Waals surface area contributed by atoms with E-state index in [-0.39, 0.29) is 5.91 Å². The minimum absolute atomic E-state index is 0.125. The molecule has 146 valence electrons. The molecule has 0 saturated carbocycles. The number of hydrogen-bond donors (Lipinski definition) is 1. The highest BCUT2D eigenvalue weighted by molar-refractivity contribution is 5.86. The number of hydrogen-bond acceptors (Lipinski definition) is 4. The van der Waals surface area contributed by atoms with Crippen LogP contribution in [0, 0.1) is 0 Å². The number of likely N-dealkylation sites (N-methyl/N-ethyl adjacent to an activating group) is 1. The first kappa shape index (κ1) is 19.6. The molecule has 0 radical (unpaired) electrons. The Morgan fingerprint density at radius 2 is 2.04 bits per heavy atom. The molecule has 1 fully saturated rings. The van der Waals surface area contributed by atoms with Crippen molar-refractivity contribution in [2.45, 2.75) is 37.8 Å². The third-order valence-corrected chi connectivity index (χ3v) is 5.18. The second-order valence-corrected chi connectivity index (χ2v) is 7.71. The van der Waals surface area contributed by atoms with Crippen LogP contribution in [-0.2, 0) is 24.8 Å². The SMILES string of the molecule is CN(Cc1cnn(C)c1)C[C@@]1(O)CCCN(CCCc2ccccc2)C1=O. The molecule has 2 heterocycles. The lowest BCUT2D eigenvalue weighted by atomic mass is 9.91. The van der Waals surface area contributed by atoms with Crippen molar-refractivity contribution >= 4 is 5.91 Å². The zero-order valence-corrected chi connectivity index (χ0v) is 16.3. The Morgan fingerprint density at radius 1 is 1.26 bits per heavy atom. The lowest BCUT2D eigenvalue weighted by Gasteiger charge is -2.40. The summed E-state index contributed by atoms with van der Waals surface area (Å²) in [5.41, 5.74) is 1.07. The van der Waals surface area contributed by atoms with Crippen molar-refractivity contribution in [2.24, 2.45) is 7.05 Å². The summed E-state index contributed by atoms with van der Waals surface area (Å²) in [5.74, 6) is -0.125. The van der Waals surface area contributed by atoms with Crippen molar-refractivity contribution < 1.29 is 9.90 Å². The zero-order chi connectivity index (χ0) is 19.3. The summed E-state index contributed by atoms with van der Waals surface area (Å²) in [4.78, 5) is 16.8. The number of rotatable bonds is 8. The Bertz CT molecular complexity index is 746. The number of likely N-dealkylation sites (tertiary alicyclic amines) is 1. The van der Waals surface area contributed by atoms with Gasteiger partial charge < -0.3 is 10.0 Å². The van der Waals surface area contributed by atoms with Gasteiger partial charge in [0.15, 0.2) is 5.60 Å². The highest BCUT2D eigenvalue weighted by Crippen LogP contribution is 2.24. The molecular formula is C21H30N4O2. The number of nitrogens with zero attached hydrogens (tertiary/aromatic N) is 4. The Balaban J connectivity index is 1.52. The van der Waals surface area contributed by atoms with Crippen molar-refractivity contribution in [1.82, 2.24) is 19.6 Å². The largest absolute Gasteiger partial charge is 0.379 e. The molecule has 1 saturated heterocycles. The molecule has 3 rings (SSSR count). The summed E-state index contributed by atoms with van der Waals surface area (Å²) in [6.07, 6.45) is 7.01. The van der Waals surface area contributed by atoms with Gasteiger partial charge in [0.2, 0.25) is 0 Å². The van der Waals surface area contributed by atoms with E-state index in [9.17, 15) is 9.90 Å². The zero-order valence-electron chi connectivity index (χ0n) is 16.3. The highest BCUT2D eigenvalue weighted by atomic mass is 16.3. The van der Waals surface area contributed by atoms with Gasteiger partial charge in [-0.3, -0.25) is 14.4 Å². The van der Waals surface area contributed by atoms with E-state index in [0.29, 0.717) is 26.1 Å². The lowest BCUT2D eigenvalue weighted by molar-refractivity contribution is -0.159. The minimum Gasteiger partial charge on any atom is -0.379 e. The van der Waals surface area contributed by atoms with Gasteiger partial charge in [-0.15, -0.1) is 0 Å². The molecule has 0 spiro atoms. The van der Waals surface area contributed by atoms with Gasteiger partial charge in [-0.1, -0.05) is 30.3 Å². The van der Waals surface area contributed by atoms with Crippen LogP contribution in [0.3, 0.4) is 0 Å². The van der Waals surface area contributed by atoms with E-state index in [1.165, 1.54) is 5.56 Å². The summed E-state index contributed by atoms with van der Waals surface area (Å²) in [6, 6.07) is 10.3. The van der Waals surface area contributed by atoms with Crippen molar-refractivity contribution in [3.63, 3.8) is 0 Å². The first-order valence-corrected chi connectivity index (χ1v) is 9.68. The second kappa shape index (κ2) is 8.67. The fourth-order valence-corrected chi connectivity index (χ4v) is 3.91. The van der Waals surface area contributed by atoms with Crippen molar-refractivity contribution in [3.8, 4) is 0 Å². The van der Waals surface area contributed by atoms with E-state index in [1.807, 2.05) is 54.5 Å². The Morgan fingerprint density at radius 3 is 2.74 bits per heavy atom. The van der Waals surface area contributed by atoms with E-state index in [0.717, 1.165) is 31.4 Å². The molecule has 27 heavy (non-hydrogen) atoms. The highest BCUT2D eigenvalue weighted by Gasteiger charge is 2.42. The van der Waals surface area contributed by atoms with E-state index in [1.54, 1.807) is 4.68 Å². The molecule has 1 aliphatic heterocycles. The van der Waals surface area contributed by atoms with Crippen molar-refractivity contribution in [3.05, 3.63) is 53.9 Å². The number of aromatic nitrogens is 2. The van der Waals surface area contributed by atoms with Crippen LogP contribution in [0.1, 0.15) is 30.4 Å². The maximum Gasteiger partial charge on any atom is 0.255 e. The summed E-state index contributed by atoms with van der Waals surface area (Å²) in [6.45, 7) is 2.44. The summed E-state index contributed by atoms with van der Waals surface area (Å²) < 4.78 is 1.76. The Labute approximate surface area is 161 Å². The predicted molar refractivity (Wildman–Crippen MR) is 105 cm³/mol. The van der Waals surface area contributed by atoms with Crippen LogP contribution in [0.5, 0.6) is 0 Å². The number of carbonyl (C=O) groups excluding carboxylic acids is 1. The average Bonchev–Trinajstić information content (AvgIpc) is 3.04. The quantitative estimate of drug-likeness (QED) is 0.770. The normalized spacial score (nSPS) is 20.4. The number of amides is 1. The summed E-state index contributed by atoms with van der Waals surface area (Å²) in [7, 11) is 3.82. The topological polar surface area (TPSA) is 61.6 Å². The second-order valence-electron chi connectivity index (χ2n) is 7.71. The standard InChI is InChI=1S/C21H30N4O2/c1-23(15-19-14-22-24(2)16-19)17-21(27)11-7-13-25(20(21)26)12-6-10-18-8-4-3-5-9-18/h3-5,8-9,14,16,27H,6-7,10-13,15,17H2,1-2H3/t21-/m0/s1. The lowest BCUT2D eigenvalue weighted by Crippen LogP contribution is -2.58. The Kier molecular flexibility index (Phi) is 6.29. The van der Waals surface area contributed by atoms with Crippen LogP contribution >= 0.6 is 0 Å². The van der Waals surface area contributed by atoms with Crippen LogP contribution < -0.4 is 0 Å². The molecule has 1 atom stereocenters. The number of aryl methyl sites for hydroxylation is 2. The van der Waals surface area contributed by atoms with Gasteiger partial charge in [-0.2, -0.15) is 5.10 Å². The number of aliphatic hydroxyl groups is 1. The minimum atomic E-state index is -1.29. The van der Waals surface area contributed by atoms with Crippen molar-refractivity contribution in [2.75, 3.05) is 26.7 Å². The first-order valence-electron chi connectivity index (χ1n) is 9.68. The van der Waals surface area contributed by atoms with E-state index < -0.39 is 5.60 Å². The van der Waals surface area contributed by atoms with Gasteiger partial charge in [0, 0.05) is 45.0 Å². The predicted octanol–water partition coefficient (Wildman–Crippen LogP) is 1.84. The maximum absolute atomic E-state index is 12.9. The van der Waals surface area contributed by atoms with E-state index in [2.05, 4.69) is 17.2 Å². The molecule has 0 unspecified atom stereocenters. The van der Waals surface area contributed by atoms with Crippen LogP contribution in [0.4, 0.5) is 0 Å². The maximum atomic E-state index is 12.9. The number of carbonyl (C=O) groups is 1. The van der Waals surface area contributed by atoms with Gasteiger partial charge in [0.05, 0.1) is 6.20 Å². The van der Waals surface area contributed by atoms with Crippen LogP contribution in [-0.4, -0.2) is 62.9 Å².